The number of anilines is 1. The second kappa shape index (κ2) is 8.81. The highest BCUT2D eigenvalue weighted by Gasteiger charge is 2.10. The molecule has 0 aliphatic heterocycles. The number of benzene rings is 1. The lowest BCUT2D eigenvalue weighted by Gasteiger charge is -1.97. The molecule has 10 heteroatoms. The molecule has 5 N–H and O–H groups in total. The van der Waals surface area contributed by atoms with Gasteiger partial charge in [-0.05, 0) is 38.1 Å². The molecule has 0 saturated heterocycles. The van der Waals surface area contributed by atoms with E-state index >= 15 is 0 Å². The highest BCUT2D eigenvalue weighted by molar-refractivity contribution is 7.17. The van der Waals surface area contributed by atoms with Crippen molar-refractivity contribution >= 4 is 40.4 Å². The van der Waals surface area contributed by atoms with Crippen LogP contribution < -0.4 is 16.9 Å². The number of aryl methyl sites for hydroxylation is 1. The fraction of sp³-hybridized carbons (Fsp3) is 0.125. The van der Waals surface area contributed by atoms with Gasteiger partial charge in [-0.25, -0.2) is 13.8 Å². The summed E-state index contributed by atoms with van der Waals surface area (Å²) in [6.45, 7) is 3.57. The number of hydrogen-bond donors (Lipinski definition) is 3. The van der Waals surface area contributed by atoms with Crippen LogP contribution in [0.25, 0.3) is 6.08 Å². The SMILES string of the molecule is C/C(=N\N=C(N)N)c1sc(N/N=C/C=C/c2c(F)cccc2F)nc1C. The zero-order valence-corrected chi connectivity index (χ0v) is 14.9. The molecule has 1 heterocycles. The molecule has 1 aromatic carbocycles. The van der Waals surface area contributed by atoms with E-state index in [-0.39, 0.29) is 11.5 Å². The number of guanidine groups is 1. The molecule has 1 aromatic heterocycles. The number of halogens is 2. The Kier molecular flexibility index (Phi) is 6.50. The maximum atomic E-state index is 13.5. The Morgan fingerprint density at radius 1 is 1.23 bits per heavy atom. The van der Waals surface area contributed by atoms with Gasteiger partial charge in [-0.2, -0.15) is 10.2 Å². The molecule has 0 unspecified atom stereocenters. The molecule has 0 atom stereocenters. The molecule has 7 nitrogen and oxygen atoms in total. The van der Waals surface area contributed by atoms with Crippen molar-refractivity contribution in [2.45, 2.75) is 13.8 Å². The van der Waals surface area contributed by atoms with Gasteiger partial charge in [-0.15, -0.1) is 5.10 Å². The normalized spacial score (nSPS) is 12.1. The van der Waals surface area contributed by atoms with Crippen LogP contribution in [0.2, 0.25) is 0 Å². The van der Waals surface area contributed by atoms with Crippen LogP contribution in [0.4, 0.5) is 13.9 Å². The van der Waals surface area contributed by atoms with E-state index in [0.717, 1.165) is 10.6 Å². The second-order valence-corrected chi connectivity index (χ2v) is 6.03. The summed E-state index contributed by atoms with van der Waals surface area (Å²) in [6.07, 6.45) is 4.07. The number of hydrazone groups is 1. The quantitative estimate of drug-likeness (QED) is 0.408. The summed E-state index contributed by atoms with van der Waals surface area (Å²) in [7, 11) is 0. The van der Waals surface area contributed by atoms with Crippen molar-refractivity contribution in [1.82, 2.24) is 4.98 Å². The van der Waals surface area contributed by atoms with Crippen molar-refractivity contribution in [3.8, 4) is 0 Å². The minimum atomic E-state index is -0.640. The number of nitrogens with two attached hydrogens (primary N) is 2. The van der Waals surface area contributed by atoms with Gasteiger partial charge in [0.15, 0.2) is 0 Å². The van der Waals surface area contributed by atoms with Gasteiger partial charge >= 0.3 is 0 Å². The summed E-state index contributed by atoms with van der Waals surface area (Å²) in [6, 6.07) is 3.67. The first-order valence-electron chi connectivity index (χ1n) is 7.39. The predicted molar refractivity (Wildman–Crippen MR) is 102 cm³/mol. The van der Waals surface area contributed by atoms with Crippen LogP contribution in [0.3, 0.4) is 0 Å². The summed E-state index contributed by atoms with van der Waals surface area (Å²) in [5, 5.41) is 12.0. The zero-order valence-electron chi connectivity index (χ0n) is 14.1. The van der Waals surface area contributed by atoms with Gasteiger partial charge < -0.3 is 11.5 Å². The van der Waals surface area contributed by atoms with E-state index in [4.69, 9.17) is 11.5 Å². The maximum absolute atomic E-state index is 13.5. The van der Waals surface area contributed by atoms with E-state index in [0.29, 0.717) is 10.8 Å². The second-order valence-electron chi connectivity index (χ2n) is 5.03. The highest BCUT2D eigenvalue weighted by Crippen LogP contribution is 2.23. The van der Waals surface area contributed by atoms with E-state index in [9.17, 15) is 8.78 Å². The van der Waals surface area contributed by atoms with E-state index in [1.54, 1.807) is 6.92 Å². The molecular formula is C16H17F2N7S. The van der Waals surface area contributed by atoms with Crippen LogP contribution in [0, 0.1) is 18.6 Å². The largest absolute Gasteiger partial charge is 0.369 e. The molecule has 136 valence electrons. The van der Waals surface area contributed by atoms with Crippen LogP contribution in [0.15, 0.2) is 39.6 Å². The predicted octanol–water partition coefficient (Wildman–Crippen LogP) is 2.84. The number of nitrogens with zero attached hydrogens (tertiary/aromatic N) is 4. The summed E-state index contributed by atoms with van der Waals surface area (Å²) < 4.78 is 26.9. The average Bonchev–Trinajstić information content (AvgIpc) is 2.95. The van der Waals surface area contributed by atoms with Crippen molar-refractivity contribution < 1.29 is 8.78 Å². The number of rotatable bonds is 6. The average molecular weight is 377 g/mol. The van der Waals surface area contributed by atoms with E-state index in [1.165, 1.54) is 47.9 Å². The molecule has 26 heavy (non-hydrogen) atoms. The molecule has 0 bridgehead atoms. The lowest BCUT2D eigenvalue weighted by Crippen LogP contribution is -2.22. The summed E-state index contributed by atoms with van der Waals surface area (Å²) in [5.74, 6) is -1.41. The third kappa shape index (κ3) is 5.18. The Morgan fingerprint density at radius 2 is 1.92 bits per heavy atom. The minimum Gasteiger partial charge on any atom is -0.369 e. The fourth-order valence-electron chi connectivity index (χ4n) is 1.90. The third-order valence-corrected chi connectivity index (χ3v) is 4.19. The lowest BCUT2D eigenvalue weighted by molar-refractivity contribution is 0.579. The maximum Gasteiger partial charge on any atom is 0.211 e. The van der Waals surface area contributed by atoms with E-state index in [2.05, 4.69) is 25.7 Å². The van der Waals surface area contributed by atoms with Crippen molar-refractivity contribution in [2.75, 3.05) is 5.43 Å². The number of allylic oxidation sites excluding steroid dienone is 1. The van der Waals surface area contributed by atoms with Crippen molar-refractivity contribution in [3.63, 3.8) is 0 Å². The van der Waals surface area contributed by atoms with Gasteiger partial charge in [-0.1, -0.05) is 17.4 Å². The Bertz CT molecular complexity index is 876. The fourth-order valence-corrected chi connectivity index (χ4v) is 2.76. The van der Waals surface area contributed by atoms with Gasteiger partial charge in [0.25, 0.3) is 0 Å². The topological polar surface area (TPSA) is 114 Å². The van der Waals surface area contributed by atoms with Crippen LogP contribution in [0.5, 0.6) is 0 Å². The molecule has 2 aromatic rings. The molecule has 0 radical (unpaired) electrons. The Morgan fingerprint density at radius 3 is 2.58 bits per heavy atom. The van der Waals surface area contributed by atoms with E-state index < -0.39 is 11.6 Å². The van der Waals surface area contributed by atoms with Gasteiger partial charge in [0.1, 0.15) is 11.6 Å². The Labute approximate surface area is 152 Å². The number of nitrogens with one attached hydrogen (secondary N) is 1. The number of aromatic nitrogens is 1. The van der Waals surface area contributed by atoms with Crippen LogP contribution in [-0.2, 0) is 0 Å². The molecule has 0 aliphatic carbocycles. The highest BCUT2D eigenvalue weighted by atomic mass is 32.1. The molecule has 0 saturated carbocycles. The summed E-state index contributed by atoms with van der Waals surface area (Å²) in [5.41, 5.74) is 14.4. The van der Waals surface area contributed by atoms with Crippen molar-refractivity contribution in [3.05, 3.63) is 52.0 Å². The first-order valence-corrected chi connectivity index (χ1v) is 8.21. The summed E-state index contributed by atoms with van der Waals surface area (Å²) >= 11 is 1.32. The van der Waals surface area contributed by atoms with Crippen LogP contribution in [-0.4, -0.2) is 22.9 Å². The molecule has 2 rings (SSSR count). The first-order chi connectivity index (χ1) is 12.4. The first kappa shape index (κ1) is 19.2. The van der Waals surface area contributed by atoms with E-state index in [1.807, 2.05) is 6.92 Å². The molecule has 0 fully saturated rings. The molecule has 0 spiro atoms. The molecule has 0 aliphatic rings. The van der Waals surface area contributed by atoms with Gasteiger partial charge in [0.05, 0.1) is 16.3 Å². The van der Waals surface area contributed by atoms with Crippen LogP contribution in [0.1, 0.15) is 23.1 Å². The molecule has 0 amide bonds. The van der Waals surface area contributed by atoms with Gasteiger partial charge in [0.2, 0.25) is 11.1 Å². The number of hydrogen-bond acceptors (Lipinski definition) is 6. The standard InChI is InChI=1S/C16H17F2N7S/c1-9-14(10(2)23-24-15(19)20)26-16(22-9)25-21-8-4-5-11-12(17)6-3-7-13(11)18/h3-8H,1-2H3,(H,22,25)(H4,19,20,24)/b5-4+,21-8+,23-10+. The van der Waals surface area contributed by atoms with Crippen LogP contribution >= 0.6 is 11.3 Å². The smallest absolute Gasteiger partial charge is 0.211 e. The summed E-state index contributed by atoms with van der Waals surface area (Å²) in [4.78, 5) is 5.10. The van der Waals surface area contributed by atoms with Crippen molar-refractivity contribution in [2.24, 2.45) is 26.8 Å². The molecular weight excluding hydrogens is 360 g/mol. The zero-order chi connectivity index (χ0) is 19.1. The third-order valence-electron chi connectivity index (χ3n) is 3.02. The Hall–Kier alpha value is -3.14. The Balaban J connectivity index is 2.03. The monoisotopic (exact) mass is 377 g/mol. The lowest BCUT2D eigenvalue weighted by atomic mass is 10.2. The van der Waals surface area contributed by atoms with Gasteiger partial charge in [-0.3, -0.25) is 5.43 Å². The van der Waals surface area contributed by atoms with Crippen molar-refractivity contribution in [1.29, 1.82) is 0 Å². The minimum absolute atomic E-state index is 0.127. The number of thiazole rings is 1. The van der Waals surface area contributed by atoms with Gasteiger partial charge in [0, 0.05) is 11.8 Å².